The van der Waals surface area contributed by atoms with E-state index in [1.165, 1.54) is 38.5 Å². The quantitative estimate of drug-likeness (QED) is 0.232. The Hall–Kier alpha value is -3.30. The van der Waals surface area contributed by atoms with E-state index in [0.717, 1.165) is 12.8 Å². The Balaban J connectivity index is 2.17. The summed E-state index contributed by atoms with van der Waals surface area (Å²) in [5, 5.41) is 0. The molecule has 1 aromatic rings. The second-order valence-corrected chi connectivity index (χ2v) is 6.58. The van der Waals surface area contributed by atoms with Crippen molar-refractivity contribution in [1.82, 2.24) is 0 Å². The molecule has 1 rings (SSSR count). The lowest BCUT2D eigenvalue weighted by molar-refractivity contribution is 0.0476. The van der Waals surface area contributed by atoms with Gasteiger partial charge >= 0.3 is 24.2 Å². The van der Waals surface area contributed by atoms with Gasteiger partial charge in [-0.25, -0.2) is 19.2 Å². The first-order valence-corrected chi connectivity index (χ1v) is 10.3. The molecule has 10 heteroatoms. The number of hydrogen-bond acceptors (Lipinski definition) is 10. The first kappa shape index (κ1) is 26.7. The van der Waals surface area contributed by atoms with E-state index in [-0.39, 0.29) is 26.4 Å². The summed E-state index contributed by atoms with van der Waals surface area (Å²) >= 11 is 0. The molecule has 0 heterocycles. The van der Waals surface area contributed by atoms with Crippen molar-refractivity contribution >= 4 is 24.2 Å². The molecule has 0 aliphatic heterocycles. The molecule has 10 nitrogen and oxygen atoms in total. The largest absolute Gasteiger partial charge is 0.507 e. The van der Waals surface area contributed by atoms with Gasteiger partial charge < -0.3 is 28.4 Å². The zero-order valence-corrected chi connectivity index (χ0v) is 18.5. The number of carbonyl (C=O) groups is 4. The van der Waals surface area contributed by atoms with Crippen LogP contribution in [-0.2, 0) is 28.4 Å². The highest BCUT2D eigenvalue weighted by Gasteiger charge is 2.11. The molecule has 0 saturated heterocycles. The molecule has 0 aliphatic carbocycles. The third kappa shape index (κ3) is 11.8. The van der Waals surface area contributed by atoms with Crippen molar-refractivity contribution in [1.29, 1.82) is 0 Å². The summed E-state index contributed by atoms with van der Waals surface area (Å²) < 4.78 is 28.6. The van der Waals surface area contributed by atoms with E-state index in [1.807, 2.05) is 0 Å². The molecule has 0 fully saturated rings. The number of benzene rings is 1. The second-order valence-electron chi connectivity index (χ2n) is 6.58. The Morgan fingerprint density at radius 2 is 0.844 bits per heavy atom. The van der Waals surface area contributed by atoms with Gasteiger partial charge in [0.1, 0.15) is 0 Å². The highest BCUT2D eigenvalue weighted by Crippen LogP contribution is 2.09. The maximum atomic E-state index is 12.0. The van der Waals surface area contributed by atoms with Crippen LogP contribution in [0.4, 0.5) is 9.59 Å². The van der Waals surface area contributed by atoms with Crippen molar-refractivity contribution in [3.63, 3.8) is 0 Å². The van der Waals surface area contributed by atoms with E-state index in [9.17, 15) is 19.2 Å². The van der Waals surface area contributed by atoms with Gasteiger partial charge in [-0.15, -0.1) is 0 Å². The van der Waals surface area contributed by atoms with Gasteiger partial charge in [-0.2, -0.15) is 0 Å². The SMILES string of the molecule is COC(=O)OCCCCCOC(=O)c1ccc(C(=O)OCCCCCOC(=O)OC)cc1. The van der Waals surface area contributed by atoms with Crippen LogP contribution < -0.4 is 0 Å². The van der Waals surface area contributed by atoms with Crippen molar-refractivity contribution in [3.8, 4) is 0 Å². The Morgan fingerprint density at radius 3 is 1.16 bits per heavy atom. The van der Waals surface area contributed by atoms with E-state index < -0.39 is 24.2 Å². The van der Waals surface area contributed by atoms with Crippen molar-refractivity contribution in [2.75, 3.05) is 40.6 Å². The summed E-state index contributed by atoms with van der Waals surface area (Å²) in [6.07, 6.45) is 2.58. The standard InChI is InChI=1S/C22H30O10/c1-27-21(25)31-15-7-3-5-13-29-19(23)17-9-11-18(12-10-17)20(24)30-14-6-4-8-16-32-22(26)28-2/h9-12H,3-8,13-16H2,1-2H3. The molecule has 0 spiro atoms. The molecule has 1 aromatic carbocycles. The number of esters is 2. The van der Waals surface area contributed by atoms with E-state index in [0.29, 0.717) is 36.8 Å². The molecule has 0 bridgehead atoms. The zero-order valence-electron chi connectivity index (χ0n) is 18.5. The Kier molecular flexibility index (Phi) is 13.7. The summed E-state index contributed by atoms with van der Waals surface area (Å²) in [5.74, 6) is -0.963. The van der Waals surface area contributed by atoms with Crippen LogP contribution in [0.25, 0.3) is 0 Å². The molecule has 0 radical (unpaired) electrons. The maximum Gasteiger partial charge on any atom is 0.507 e. The summed E-state index contributed by atoms with van der Waals surface area (Å²) in [6, 6.07) is 6.03. The Morgan fingerprint density at radius 1 is 0.531 bits per heavy atom. The lowest BCUT2D eigenvalue weighted by Gasteiger charge is -2.07. The molecule has 0 aliphatic rings. The number of ether oxygens (including phenoxy) is 6. The predicted molar refractivity (Wildman–Crippen MR) is 111 cm³/mol. The monoisotopic (exact) mass is 454 g/mol. The van der Waals surface area contributed by atoms with Crippen LogP contribution in [0.15, 0.2) is 24.3 Å². The van der Waals surface area contributed by atoms with Crippen molar-refractivity contribution in [2.45, 2.75) is 38.5 Å². The zero-order chi connectivity index (χ0) is 23.6. The van der Waals surface area contributed by atoms with Gasteiger partial charge in [-0.1, -0.05) is 0 Å². The number of hydrogen-bond donors (Lipinski definition) is 0. The molecule has 0 unspecified atom stereocenters. The fourth-order valence-corrected chi connectivity index (χ4v) is 2.43. The van der Waals surface area contributed by atoms with Gasteiger partial charge in [-0.3, -0.25) is 0 Å². The highest BCUT2D eigenvalue weighted by atomic mass is 16.7. The smallest absolute Gasteiger partial charge is 0.462 e. The van der Waals surface area contributed by atoms with Gasteiger partial charge in [0.05, 0.1) is 51.8 Å². The first-order chi connectivity index (χ1) is 15.5. The van der Waals surface area contributed by atoms with Crippen molar-refractivity contribution in [2.24, 2.45) is 0 Å². The van der Waals surface area contributed by atoms with Crippen LogP contribution in [0.5, 0.6) is 0 Å². The van der Waals surface area contributed by atoms with Gasteiger partial charge in [0.2, 0.25) is 0 Å². The molecule has 0 aromatic heterocycles. The minimum atomic E-state index is -0.716. The number of methoxy groups -OCH3 is 2. The summed E-state index contributed by atoms with van der Waals surface area (Å²) in [5.41, 5.74) is 0.669. The molecule has 32 heavy (non-hydrogen) atoms. The third-order valence-electron chi connectivity index (χ3n) is 4.17. The second kappa shape index (κ2) is 16.4. The number of rotatable bonds is 14. The normalized spacial score (nSPS) is 10.1. The minimum Gasteiger partial charge on any atom is -0.462 e. The fourth-order valence-electron chi connectivity index (χ4n) is 2.43. The van der Waals surface area contributed by atoms with Gasteiger partial charge in [0.15, 0.2) is 0 Å². The third-order valence-corrected chi connectivity index (χ3v) is 4.17. The number of carbonyl (C=O) groups excluding carboxylic acids is 4. The van der Waals surface area contributed by atoms with E-state index in [4.69, 9.17) is 18.9 Å². The molecule has 178 valence electrons. The van der Waals surface area contributed by atoms with Crippen molar-refractivity contribution < 1.29 is 47.6 Å². The van der Waals surface area contributed by atoms with Crippen molar-refractivity contribution in [3.05, 3.63) is 35.4 Å². The molecule has 0 N–H and O–H groups in total. The summed E-state index contributed by atoms with van der Waals surface area (Å²) in [6.45, 7) is 0.987. The fraction of sp³-hybridized carbons (Fsp3) is 0.545. The molecule has 0 saturated carbocycles. The van der Waals surface area contributed by atoms with Crippen LogP contribution in [0, 0.1) is 0 Å². The van der Waals surface area contributed by atoms with E-state index in [2.05, 4.69) is 9.47 Å². The molecule has 0 amide bonds. The molecule has 0 atom stereocenters. The average Bonchev–Trinajstić information content (AvgIpc) is 2.82. The summed E-state index contributed by atoms with van der Waals surface area (Å²) in [7, 11) is 2.49. The van der Waals surface area contributed by atoms with Crippen LogP contribution in [0.1, 0.15) is 59.2 Å². The van der Waals surface area contributed by atoms with Crippen LogP contribution in [0.3, 0.4) is 0 Å². The van der Waals surface area contributed by atoms with Crippen LogP contribution in [0.2, 0.25) is 0 Å². The molecular formula is C22H30O10. The Bertz CT molecular complexity index is 653. The van der Waals surface area contributed by atoms with Gasteiger partial charge in [0, 0.05) is 0 Å². The minimum absolute atomic E-state index is 0.242. The Labute approximate surface area is 187 Å². The topological polar surface area (TPSA) is 124 Å². The number of unbranched alkanes of at least 4 members (excludes halogenated alkanes) is 4. The maximum absolute atomic E-state index is 12.0. The lowest BCUT2D eigenvalue weighted by Crippen LogP contribution is -2.10. The van der Waals surface area contributed by atoms with E-state index in [1.54, 1.807) is 0 Å². The average molecular weight is 454 g/mol. The van der Waals surface area contributed by atoms with Crippen LogP contribution in [-0.4, -0.2) is 64.9 Å². The molecular weight excluding hydrogens is 424 g/mol. The lowest BCUT2D eigenvalue weighted by atomic mass is 10.1. The van der Waals surface area contributed by atoms with E-state index >= 15 is 0 Å². The summed E-state index contributed by atoms with van der Waals surface area (Å²) in [4.78, 5) is 45.6. The highest BCUT2D eigenvalue weighted by molar-refractivity contribution is 5.93. The first-order valence-electron chi connectivity index (χ1n) is 10.3. The van der Waals surface area contributed by atoms with Gasteiger partial charge in [0.25, 0.3) is 0 Å². The van der Waals surface area contributed by atoms with Crippen LogP contribution >= 0.6 is 0 Å². The predicted octanol–water partition coefficient (Wildman–Crippen LogP) is 3.91. The van der Waals surface area contributed by atoms with Gasteiger partial charge in [-0.05, 0) is 62.8 Å².